The van der Waals surface area contributed by atoms with E-state index in [1.807, 2.05) is 10.9 Å². The molecule has 0 aromatic carbocycles. The van der Waals surface area contributed by atoms with E-state index in [4.69, 9.17) is 5.73 Å². The first-order valence-electron chi connectivity index (χ1n) is 6.00. The summed E-state index contributed by atoms with van der Waals surface area (Å²) in [5, 5.41) is 4.31. The molecule has 86 valence electrons. The molecule has 0 amide bonds. The lowest BCUT2D eigenvalue weighted by Crippen LogP contribution is -2.19. The number of hydrogen-bond acceptors (Lipinski definition) is 2. The highest BCUT2D eigenvalue weighted by Gasteiger charge is 2.17. The fourth-order valence-electron chi connectivity index (χ4n) is 1.97. The van der Waals surface area contributed by atoms with E-state index in [-0.39, 0.29) is 6.04 Å². The van der Waals surface area contributed by atoms with Crippen molar-refractivity contribution in [2.45, 2.75) is 52.6 Å². The zero-order chi connectivity index (χ0) is 11.3. The molecule has 1 atom stereocenters. The summed E-state index contributed by atoms with van der Waals surface area (Å²) in [4.78, 5) is 0. The van der Waals surface area contributed by atoms with E-state index < -0.39 is 0 Å². The van der Waals surface area contributed by atoms with E-state index in [0.29, 0.717) is 5.92 Å². The summed E-state index contributed by atoms with van der Waals surface area (Å²) < 4.78 is 1.98. The Kier molecular flexibility index (Phi) is 4.82. The number of aryl methyl sites for hydroxylation is 1. The van der Waals surface area contributed by atoms with Crippen molar-refractivity contribution in [1.82, 2.24) is 9.78 Å². The van der Waals surface area contributed by atoms with Crippen LogP contribution < -0.4 is 5.73 Å². The number of nitrogens with zero attached hydrogens (tertiary/aromatic N) is 2. The van der Waals surface area contributed by atoms with E-state index in [1.54, 1.807) is 0 Å². The first-order chi connectivity index (χ1) is 7.22. The van der Waals surface area contributed by atoms with Crippen LogP contribution in [0.15, 0.2) is 12.4 Å². The first-order valence-corrected chi connectivity index (χ1v) is 6.00. The minimum Gasteiger partial charge on any atom is -0.324 e. The second-order valence-corrected chi connectivity index (χ2v) is 4.14. The van der Waals surface area contributed by atoms with E-state index >= 15 is 0 Å². The van der Waals surface area contributed by atoms with Crippen molar-refractivity contribution in [1.29, 1.82) is 0 Å². The number of rotatable bonds is 6. The van der Waals surface area contributed by atoms with Crippen molar-refractivity contribution >= 4 is 0 Å². The van der Waals surface area contributed by atoms with Gasteiger partial charge in [-0.2, -0.15) is 5.10 Å². The summed E-state index contributed by atoms with van der Waals surface area (Å²) in [5.74, 6) is 0.573. The molecular formula is C12H23N3. The Bertz CT molecular complexity index is 276. The molecule has 1 rings (SSSR count). The van der Waals surface area contributed by atoms with Gasteiger partial charge in [-0.3, -0.25) is 4.68 Å². The Balaban J connectivity index is 2.68. The largest absolute Gasteiger partial charge is 0.324 e. The van der Waals surface area contributed by atoms with Gasteiger partial charge in [-0.15, -0.1) is 0 Å². The maximum absolute atomic E-state index is 6.22. The van der Waals surface area contributed by atoms with Crippen LogP contribution >= 0.6 is 0 Å². The molecular weight excluding hydrogens is 186 g/mol. The average molecular weight is 209 g/mol. The molecule has 0 saturated carbocycles. The topological polar surface area (TPSA) is 43.8 Å². The molecule has 1 unspecified atom stereocenters. The Labute approximate surface area is 92.7 Å². The quantitative estimate of drug-likeness (QED) is 0.783. The molecule has 0 fully saturated rings. The van der Waals surface area contributed by atoms with Gasteiger partial charge in [-0.1, -0.05) is 33.6 Å². The molecule has 0 aliphatic rings. The summed E-state index contributed by atoms with van der Waals surface area (Å²) in [5.41, 5.74) is 7.39. The third kappa shape index (κ3) is 3.06. The highest BCUT2D eigenvalue weighted by molar-refractivity contribution is 5.10. The second-order valence-electron chi connectivity index (χ2n) is 4.14. The average Bonchev–Trinajstić information content (AvgIpc) is 2.68. The SMILES string of the molecule is CCCn1cc(C(N)C(CC)CC)cn1. The van der Waals surface area contributed by atoms with E-state index in [0.717, 1.165) is 25.8 Å². The summed E-state index contributed by atoms with van der Waals surface area (Å²) in [6, 6.07) is 0.144. The van der Waals surface area contributed by atoms with Gasteiger partial charge in [0, 0.05) is 24.3 Å². The van der Waals surface area contributed by atoms with E-state index in [9.17, 15) is 0 Å². The molecule has 0 bridgehead atoms. The molecule has 2 N–H and O–H groups in total. The fraction of sp³-hybridized carbons (Fsp3) is 0.750. The summed E-state index contributed by atoms with van der Waals surface area (Å²) in [6.45, 7) is 7.53. The fourth-order valence-corrected chi connectivity index (χ4v) is 1.97. The standard InChI is InChI=1S/C12H23N3/c1-4-7-15-9-11(8-14-15)12(13)10(5-2)6-3/h8-10,12H,4-7,13H2,1-3H3. The van der Waals surface area contributed by atoms with Crippen LogP contribution in [0.4, 0.5) is 0 Å². The first kappa shape index (κ1) is 12.2. The second kappa shape index (κ2) is 5.91. The lowest BCUT2D eigenvalue weighted by atomic mass is 9.91. The smallest absolute Gasteiger partial charge is 0.0537 e. The highest BCUT2D eigenvalue weighted by atomic mass is 15.3. The van der Waals surface area contributed by atoms with Crippen LogP contribution in [0.3, 0.4) is 0 Å². The lowest BCUT2D eigenvalue weighted by molar-refractivity contribution is 0.405. The van der Waals surface area contributed by atoms with Crippen molar-refractivity contribution in [3.8, 4) is 0 Å². The molecule has 0 saturated heterocycles. The highest BCUT2D eigenvalue weighted by Crippen LogP contribution is 2.24. The molecule has 3 heteroatoms. The predicted octanol–water partition coefficient (Wildman–Crippen LogP) is 2.73. The lowest BCUT2D eigenvalue weighted by Gasteiger charge is -2.19. The minimum absolute atomic E-state index is 0.144. The Morgan fingerprint density at radius 3 is 2.53 bits per heavy atom. The Morgan fingerprint density at radius 2 is 2.00 bits per heavy atom. The summed E-state index contributed by atoms with van der Waals surface area (Å²) in [7, 11) is 0. The molecule has 15 heavy (non-hydrogen) atoms. The summed E-state index contributed by atoms with van der Waals surface area (Å²) in [6.07, 6.45) is 7.39. The van der Waals surface area contributed by atoms with Gasteiger partial charge in [0.25, 0.3) is 0 Å². The normalized spacial score (nSPS) is 13.4. The van der Waals surface area contributed by atoms with Crippen molar-refractivity contribution in [2.24, 2.45) is 11.7 Å². The number of aromatic nitrogens is 2. The van der Waals surface area contributed by atoms with Gasteiger partial charge in [0.2, 0.25) is 0 Å². The predicted molar refractivity (Wildman–Crippen MR) is 63.5 cm³/mol. The molecule has 0 spiro atoms. The molecule has 1 aromatic heterocycles. The molecule has 0 aliphatic carbocycles. The van der Waals surface area contributed by atoms with Crippen LogP contribution in [-0.2, 0) is 6.54 Å². The van der Waals surface area contributed by atoms with Crippen LogP contribution in [0.5, 0.6) is 0 Å². The molecule has 1 heterocycles. The molecule has 0 radical (unpaired) electrons. The van der Waals surface area contributed by atoms with E-state index in [1.165, 1.54) is 5.56 Å². The maximum atomic E-state index is 6.22. The van der Waals surface area contributed by atoms with Crippen LogP contribution in [-0.4, -0.2) is 9.78 Å². The number of hydrogen-bond donors (Lipinski definition) is 1. The van der Waals surface area contributed by atoms with Gasteiger partial charge in [-0.25, -0.2) is 0 Å². The van der Waals surface area contributed by atoms with E-state index in [2.05, 4.69) is 32.1 Å². The van der Waals surface area contributed by atoms with Crippen molar-refractivity contribution in [2.75, 3.05) is 0 Å². The third-order valence-electron chi connectivity index (χ3n) is 3.05. The van der Waals surface area contributed by atoms with Gasteiger partial charge in [0.15, 0.2) is 0 Å². The monoisotopic (exact) mass is 209 g/mol. The van der Waals surface area contributed by atoms with Gasteiger partial charge in [-0.05, 0) is 12.3 Å². The van der Waals surface area contributed by atoms with Crippen LogP contribution in [0.2, 0.25) is 0 Å². The minimum atomic E-state index is 0.144. The van der Waals surface area contributed by atoms with Gasteiger partial charge in [0.1, 0.15) is 0 Å². The number of nitrogens with two attached hydrogens (primary N) is 1. The van der Waals surface area contributed by atoms with Gasteiger partial charge in [0.05, 0.1) is 6.20 Å². The Hall–Kier alpha value is -0.830. The molecule has 3 nitrogen and oxygen atoms in total. The van der Waals surface area contributed by atoms with Crippen molar-refractivity contribution in [3.63, 3.8) is 0 Å². The third-order valence-corrected chi connectivity index (χ3v) is 3.05. The van der Waals surface area contributed by atoms with Crippen molar-refractivity contribution in [3.05, 3.63) is 18.0 Å². The van der Waals surface area contributed by atoms with Crippen LogP contribution in [0.25, 0.3) is 0 Å². The van der Waals surface area contributed by atoms with Crippen molar-refractivity contribution < 1.29 is 0 Å². The van der Waals surface area contributed by atoms with Gasteiger partial charge < -0.3 is 5.73 Å². The van der Waals surface area contributed by atoms with Crippen LogP contribution in [0.1, 0.15) is 51.6 Å². The Morgan fingerprint density at radius 1 is 1.33 bits per heavy atom. The zero-order valence-corrected chi connectivity index (χ0v) is 10.1. The van der Waals surface area contributed by atoms with Crippen LogP contribution in [0, 0.1) is 5.92 Å². The van der Waals surface area contributed by atoms with Gasteiger partial charge >= 0.3 is 0 Å². The molecule has 0 aliphatic heterocycles. The molecule has 1 aromatic rings. The maximum Gasteiger partial charge on any atom is 0.0537 e. The zero-order valence-electron chi connectivity index (χ0n) is 10.1. The summed E-state index contributed by atoms with van der Waals surface area (Å²) >= 11 is 0.